The summed E-state index contributed by atoms with van der Waals surface area (Å²) in [5.74, 6) is -0.447. The zero-order chi connectivity index (χ0) is 15.2. The van der Waals surface area contributed by atoms with Crippen LogP contribution in [0.1, 0.15) is 39.1 Å². The molecule has 22 heavy (non-hydrogen) atoms. The van der Waals surface area contributed by atoms with E-state index >= 15 is 0 Å². The average molecular weight is 355 g/mol. The van der Waals surface area contributed by atoms with Crippen LogP contribution in [0.15, 0.2) is 6.07 Å². The summed E-state index contributed by atoms with van der Waals surface area (Å²) in [6.07, 6.45) is 0. The smallest absolute Gasteiger partial charge is 0.225 e. The predicted octanol–water partition coefficient (Wildman–Crippen LogP) is 2.63. The summed E-state index contributed by atoms with van der Waals surface area (Å²) >= 11 is 0. The van der Waals surface area contributed by atoms with Crippen LogP contribution in [0.25, 0.3) is 0 Å². The number of anilines is 1. The lowest BCUT2D eigenvalue weighted by Crippen LogP contribution is -2.42. The Morgan fingerprint density at radius 3 is 2.14 bits per heavy atom. The number of rotatable bonds is 8. The molecule has 1 rings (SSSR count). The van der Waals surface area contributed by atoms with Crippen molar-refractivity contribution in [2.75, 3.05) is 25.1 Å². The Hall–Kier alpha value is -0.660. The van der Waals surface area contributed by atoms with Gasteiger partial charge in [0, 0.05) is 24.9 Å². The van der Waals surface area contributed by atoms with E-state index in [-0.39, 0.29) is 37.4 Å². The molecule has 0 aliphatic carbocycles. The summed E-state index contributed by atoms with van der Waals surface area (Å²) in [4.78, 5) is 8.87. The molecule has 0 radical (unpaired) electrons. The monoisotopic (exact) mass is 354 g/mol. The van der Waals surface area contributed by atoms with E-state index in [1.54, 1.807) is 0 Å². The van der Waals surface area contributed by atoms with Crippen molar-refractivity contribution in [1.82, 2.24) is 9.97 Å². The molecule has 0 atom stereocenters. The highest BCUT2D eigenvalue weighted by atomic mass is 35.5. The van der Waals surface area contributed by atoms with Gasteiger partial charge in [-0.05, 0) is 40.7 Å². The zero-order valence-corrected chi connectivity index (χ0v) is 15.5. The number of nitrogens with zero attached hydrogens (tertiary/aromatic N) is 2. The van der Waals surface area contributed by atoms with E-state index < -0.39 is 5.79 Å². The van der Waals surface area contributed by atoms with Crippen LogP contribution in [-0.4, -0.2) is 35.8 Å². The molecular weight excluding hydrogens is 327 g/mol. The molecule has 3 N–H and O–H groups in total. The fourth-order valence-corrected chi connectivity index (χ4v) is 1.96. The number of hydrogen-bond donors (Lipinski definition) is 2. The molecule has 0 spiro atoms. The van der Waals surface area contributed by atoms with Gasteiger partial charge in [0.05, 0.1) is 6.54 Å². The molecule has 0 saturated carbocycles. The molecule has 0 aromatic carbocycles. The number of aryl methyl sites for hydroxylation is 1. The van der Waals surface area contributed by atoms with Crippen molar-refractivity contribution in [1.29, 1.82) is 0 Å². The Morgan fingerprint density at radius 1 is 1.18 bits per heavy atom. The topological polar surface area (TPSA) is 82.3 Å². The molecule has 1 heterocycles. The fourth-order valence-electron chi connectivity index (χ4n) is 1.96. The van der Waals surface area contributed by atoms with Crippen LogP contribution in [0.3, 0.4) is 0 Å². The highest BCUT2D eigenvalue weighted by molar-refractivity contribution is 5.85. The van der Waals surface area contributed by atoms with E-state index in [4.69, 9.17) is 15.2 Å². The molecule has 1 aromatic heterocycles. The van der Waals surface area contributed by atoms with Gasteiger partial charge in [-0.15, -0.1) is 24.8 Å². The number of nitrogens with one attached hydrogen (secondary N) is 1. The standard InChI is InChI=1S/C14H26N4O2.2ClH/c1-6-19-14(9-15,20-7-2)12-8-11(5)17-13(18-12)16-10(3)4;;/h8,10H,6-7,9,15H2,1-5H3,(H,16,17,18);2*1H. The lowest BCUT2D eigenvalue weighted by Gasteiger charge is -2.31. The normalized spacial score (nSPS) is 10.9. The van der Waals surface area contributed by atoms with Gasteiger partial charge in [0.15, 0.2) is 0 Å². The quantitative estimate of drug-likeness (QED) is 0.698. The first kappa shape index (κ1) is 23.6. The molecule has 0 aliphatic rings. The van der Waals surface area contributed by atoms with E-state index in [2.05, 4.69) is 15.3 Å². The van der Waals surface area contributed by atoms with Gasteiger partial charge in [0.25, 0.3) is 0 Å². The Labute approximate surface area is 145 Å². The van der Waals surface area contributed by atoms with Crippen molar-refractivity contribution >= 4 is 30.8 Å². The minimum atomic E-state index is -1.01. The summed E-state index contributed by atoms with van der Waals surface area (Å²) in [6, 6.07) is 2.10. The van der Waals surface area contributed by atoms with Crippen LogP contribution in [0.5, 0.6) is 0 Å². The van der Waals surface area contributed by atoms with E-state index in [1.807, 2.05) is 40.7 Å². The highest BCUT2D eigenvalue weighted by Crippen LogP contribution is 2.26. The molecule has 130 valence electrons. The summed E-state index contributed by atoms with van der Waals surface area (Å²) < 4.78 is 11.5. The molecule has 0 aliphatic heterocycles. The third-order valence-electron chi connectivity index (χ3n) is 2.69. The van der Waals surface area contributed by atoms with Gasteiger partial charge in [-0.25, -0.2) is 9.97 Å². The Kier molecular flexibility index (Phi) is 11.8. The minimum absolute atomic E-state index is 0. The molecule has 0 amide bonds. The van der Waals surface area contributed by atoms with E-state index in [9.17, 15) is 0 Å². The molecule has 0 unspecified atom stereocenters. The molecule has 0 saturated heterocycles. The molecular formula is C14H28Cl2N4O2. The van der Waals surface area contributed by atoms with Crippen molar-refractivity contribution < 1.29 is 9.47 Å². The van der Waals surface area contributed by atoms with Crippen LogP contribution < -0.4 is 11.1 Å². The van der Waals surface area contributed by atoms with Crippen molar-refractivity contribution in [3.63, 3.8) is 0 Å². The van der Waals surface area contributed by atoms with E-state index in [0.717, 1.165) is 5.69 Å². The van der Waals surface area contributed by atoms with Gasteiger partial charge in [-0.2, -0.15) is 0 Å². The van der Waals surface area contributed by atoms with Crippen LogP contribution in [-0.2, 0) is 15.3 Å². The van der Waals surface area contributed by atoms with Gasteiger partial charge in [-0.3, -0.25) is 0 Å². The number of halogens is 2. The maximum absolute atomic E-state index is 5.88. The Balaban J connectivity index is 0. The van der Waals surface area contributed by atoms with Gasteiger partial charge >= 0.3 is 0 Å². The molecule has 0 fully saturated rings. The van der Waals surface area contributed by atoms with Crippen LogP contribution in [0, 0.1) is 6.92 Å². The van der Waals surface area contributed by atoms with Crippen molar-refractivity contribution in [3.8, 4) is 0 Å². The second-order valence-electron chi connectivity index (χ2n) is 4.84. The van der Waals surface area contributed by atoms with Gasteiger partial charge in [0.1, 0.15) is 5.69 Å². The first-order valence-electron chi connectivity index (χ1n) is 7.08. The highest BCUT2D eigenvalue weighted by Gasteiger charge is 2.34. The third kappa shape index (κ3) is 6.22. The Bertz CT molecular complexity index is 427. The van der Waals surface area contributed by atoms with Crippen LogP contribution in [0.2, 0.25) is 0 Å². The maximum atomic E-state index is 5.88. The summed E-state index contributed by atoms with van der Waals surface area (Å²) in [6.45, 7) is 11.0. The number of nitrogens with two attached hydrogens (primary N) is 1. The average Bonchev–Trinajstić information content (AvgIpc) is 2.36. The number of aromatic nitrogens is 2. The summed E-state index contributed by atoms with van der Waals surface area (Å²) in [7, 11) is 0. The lowest BCUT2D eigenvalue weighted by atomic mass is 10.1. The SMILES string of the molecule is CCOC(CN)(OCC)c1cc(C)nc(NC(C)C)n1.Cl.Cl. The van der Waals surface area contributed by atoms with E-state index in [1.165, 1.54) is 0 Å². The van der Waals surface area contributed by atoms with Crippen molar-refractivity contribution in [3.05, 3.63) is 17.5 Å². The first-order valence-corrected chi connectivity index (χ1v) is 7.08. The number of hydrogen-bond acceptors (Lipinski definition) is 6. The fraction of sp³-hybridized carbons (Fsp3) is 0.714. The van der Waals surface area contributed by atoms with Gasteiger partial charge < -0.3 is 20.5 Å². The lowest BCUT2D eigenvalue weighted by molar-refractivity contribution is -0.237. The molecule has 1 aromatic rings. The summed E-state index contributed by atoms with van der Waals surface area (Å²) in [5.41, 5.74) is 7.38. The van der Waals surface area contributed by atoms with E-state index in [0.29, 0.717) is 24.9 Å². The second-order valence-corrected chi connectivity index (χ2v) is 4.84. The summed E-state index contributed by atoms with van der Waals surface area (Å²) in [5, 5.41) is 3.19. The Morgan fingerprint density at radius 2 is 1.73 bits per heavy atom. The molecule has 0 bridgehead atoms. The zero-order valence-electron chi connectivity index (χ0n) is 13.9. The molecule has 8 heteroatoms. The minimum Gasteiger partial charge on any atom is -0.352 e. The van der Waals surface area contributed by atoms with Gasteiger partial charge in [0.2, 0.25) is 11.7 Å². The number of ether oxygens (including phenoxy) is 2. The van der Waals surface area contributed by atoms with Gasteiger partial charge in [-0.1, -0.05) is 0 Å². The van der Waals surface area contributed by atoms with Crippen molar-refractivity contribution in [2.45, 2.75) is 46.4 Å². The third-order valence-corrected chi connectivity index (χ3v) is 2.69. The van der Waals surface area contributed by atoms with Crippen LogP contribution >= 0.6 is 24.8 Å². The van der Waals surface area contributed by atoms with Crippen molar-refractivity contribution in [2.24, 2.45) is 5.73 Å². The maximum Gasteiger partial charge on any atom is 0.225 e. The second kappa shape index (κ2) is 11.0. The van der Waals surface area contributed by atoms with Crippen LogP contribution in [0.4, 0.5) is 5.95 Å². The molecule has 6 nitrogen and oxygen atoms in total. The largest absolute Gasteiger partial charge is 0.352 e. The first-order chi connectivity index (χ1) is 9.47. The predicted molar refractivity (Wildman–Crippen MR) is 94.0 cm³/mol.